The maximum absolute atomic E-state index is 12.5. The van der Waals surface area contributed by atoms with Crippen LogP contribution in [0.5, 0.6) is 0 Å². The van der Waals surface area contributed by atoms with E-state index in [1.54, 1.807) is 7.11 Å². The van der Waals surface area contributed by atoms with Gasteiger partial charge < -0.3 is 20.3 Å². The molecule has 24 heavy (non-hydrogen) atoms. The number of amides is 2. The lowest BCUT2D eigenvalue weighted by atomic mass is 9.61. The number of hydrogen-bond acceptors (Lipinski definition) is 5. The molecule has 2 amide bonds. The van der Waals surface area contributed by atoms with Crippen molar-refractivity contribution in [2.24, 2.45) is 5.41 Å². The normalized spacial score (nSPS) is 25.4. The van der Waals surface area contributed by atoms with Gasteiger partial charge in [0.25, 0.3) is 5.91 Å². The number of carbonyl (C=O) groups is 2. The molecule has 1 aromatic heterocycles. The molecule has 3 aliphatic rings. The van der Waals surface area contributed by atoms with Crippen LogP contribution in [0.1, 0.15) is 35.4 Å². The van der Waals surface area contributed by atoms with Crippen LogP contribution in [0.2, 0.25) is 0 Å². The standard InChI is InChI=1S/C17H23N3O3S/c1-23-11-7-17(8-11)9-20(10-17)16(22)13-4-5-14(24-13)19-15(21)12-3-2-6-18-12/h4-5,11-12,18H,2-3,6-10H2,1H3,(H,19,21)/t12-/m0/s1. The highest BCUT2D eigenvalue weighted by atomic mass is 32.1. The van der Waals surface area contributed by atoms with Crippen LogP contribution < -0.4 is 10.6 Å². The number of thiophene rings is 1. The molecule has 4 rings (SSSR count). The number of methoxy groups -OCH3 is 1. The van der Waals surface area contributed by atoms with Crippen LogP contribution in [0, 0.1) is 5.41 Å². The van der Waals surface area contributed by atoms with Crippen molar-refractivity contribution in [3.63, 3.8) is 0 Å². The lowest BCUT2D eigenvalue weighted by Crippen LogP contribution is -2.65. The number of nitrogens with one attached hydrogen (secondary N) is 2. The highest BCUT2D eigenvalue weighted by Crippen LogP contribution is 2.49. The van der Waals surface area contributed by atoms with Crippen molar-refractivity contribution in [2.75, 3.05) is 32.1 Å². The molecule has 0 bridgehead atoms. The highest BCUT2D eigenvalue weighted by molar-refractivity contribution is 7.18. The third-order valence-electron chi connectivity index (χ3n) is 5.43. The zero-order chi connectivity index (χ0) is 16.7. The van der Waals surface area contributed by atoms with Crippen molar-refractivity contribution in [1.82, 2.24) is 10.2 Å². The summed E-state index contributed by atoms with van der Waals surface area (Å²) in [6, 6.07) is 3.53. The Balaban J connectivity index is 1.30. The molecular weight excluding hydrogens is 326 g/mol. The molecule has 1 aliphatic carbocycles. The summed E-state index contributed by atoms with van der Waals surface area (Å²) >= 11 is 1.36. The Bertz CT molecular complexity index is 639. The van der Waals surface area contributed by atoms with E-state index in [1.165, 1.54) is 11.3 Å². The maximum Gasteiger partial charge on any atom is 0.264 e. The molecule has 1 spiro atoms. The van der Waals surface area contributed by atoms with Crippen LogP contribution >= 0.6 is 11.3 Å². The molecule has 3 fully saturated rings. The molecule has 1 saturated carbocycles. The first-order valence-electron chi connectivity index (χ1n) is 8.55. The molecule has 0 aromatic carbocycles. The van der Waals surface area contributed by atoms with Crippen molar-refractivity contribution in [3.05, 3.63) is 17.0 Å². The van der Waals surface area contributed by atoms with Crippen LogP contribution in [-0.2, 0) is 9.53 Å². The SMILES string of the molecule is COC1CC2(C1)CN(C(=O)c1ccc(NC(=O)[C@@H]3CCCN3)s1)C2. The fraction of sp³-hybridized carbons (Fsp3) is 0.647. The third-order valence-corrected chi connectivity index (χ3v) is 6.42. The van der Waals surface area contributed by atoms with Gasteiger partial charge in [0.05, 0.1) is 22.0 Å². The summed E-state index contributed by atoms with van der Waals surface area (Å²) < 4.78 is 5.33. The largest absolute Gasteiger partial charge is 0.381 e. The van der Waals surface area contributed by atoms with Crippen molar-refractivity contribution in [1.29, 1.82) is 0 Å². The van der Waals surface area contributed by atoms with E-state index in [4.69, 9.17) is 4.74 Å². The first-order chi connectivity index (χ1) is 11.6. The fourth-order valence-electron chi connectivity index (χ4n) is 4.03. The summed E-state index contributed by atoms with van der Waals surface area (Å²) in [5, 5.41) is 6.84. The molecule has 3 heterocycles. The summed E-state index contributed by atoms with van der Waals surface area (Å²) in [5.74, 6) is 0.0716. The second-order valence-electron chi connectivity index (χ2n) is 7.23. The second-order valence-corrected chi connectivity index (χ2v) is 8.31. The Kier molecular flexibility index (Phi) is 4.10. The highest BCUT2D eigenvalue weighted by Gasteiger charge is 2.54. The van der Waals surface area contributed by atoms with Gasteiger partial charge in [-0.2, -0.15) is 0 Å². The average Bonchev–Trinajstić information content (AvgIpc) is 3.15. The van der Waals surface area contributed by atoms with Crippen LogP contribution in [0.15, 0.2) is 12.1 Å². The van der Waals surface area contributed by atoms with Crippen LogP contribution in [0.4, 0.5) is 5.00 Å². The third kappa shape index (κ3) is 2.85. The topological polar surface area (TPSA) is 70.7 Å². The monoisotopic (exact) mass is 349 g/mol. The van der Waals surface area contributed by atoms with Crippen LogP contribution in [-0.4, -0.2) is 55.6 Å². The first-order valence-corrected chi connectivity index (χ1v) is 9.36. The Labute approximate surface area is 145 Å². The molecule has 6 nitrogen and oxygen atoms in total. The Hall–Kier alpha value is -1.44. The van der Waals surface area contributed by atoms with Crippen LogP contribution in [0.3, 0.4) is 0 Å². The van der Waals surface area contributed by atoms with Gasteiger partial charge in [0.15, 0.2) is 0 Å². The van der Waals surface area contributed by atoms with Gasteiger partial charge in [-0.05, 0) is 44.4 Å². The van der Waals surface area contributed by atoms with Gasteiger partial charge in [0.2, 0.25) is 5.91 Å². The molecular formula is C17H23N3O3S. The zero-order valence-electron chi connectivity index (χ0n) is 13.8. The van der Waals surface area contributed by atoms with Gasteiger partial charge in [-0.15, -0.1) is 11.3 Å². The van der Waals surface area contributed by atoms with Gasteiger partial charge in [0, 0.05) is 25.6 Å². The van der Waals surface area contributed by atoms with Gasteiger partial charge in [-0.3, -0.25) is 9.59 Å². The van der Waals surface area contributed by atoms with E-state index in [0.29, 0.717) is 16.4 Å². The number of nitrogens with zero attached hydrogens (tertiary/aromatic N) is 1. The van der Waals surface area contributed by atoms with Crippen molar-refractivity contribution < 1.29 is 14.3 Å². The van der Waals surface area contributed by atoms with E-state index in [2.05, 4.69) is 10.6 Å². The zero-order valence-corrected chi connectivity index (χ0v) is 14.7. The molecule has 0 unspecified atom stereocenters. The minimum Gasteiger partial charge on any atom is -0.381 e. The van der Waals surface area contributed by atoms with E-state index in [0.717, 1.165) is 50.3 Å². The molecule has 2 N–H and O–H groups in total. The molecule has 0 radical (unpaired) electrons. The number of rotatable bonds is 4. The number of hydrogen-bond donors (Lipinski definition) is 2. The fourth-order valence-corrected chi connectivity index (χ4v) is 4.91. The smallest absolute Gasteiger partial charge is 0.264 e. The first kappa shape index (κ1) is 16.1. The maximum atomic E-state index is 12.5. The quantitative estimate of drug-likeness (QED) is 0.868. The van der Waals surface area contributed by atoms with Gasteiger partial charge in [0.1, 0.15) is 0 Å². The van der Waals surface area contributed by atoms with Crippen LogP contribution in [0.25, 0.3) is 0 Å². The lowest BCUT2D eigenvalue weighted by Gasteiger charge is -2.58. The molecule has 7 heteroatoms. The molecule has 2 aliphatic heterocycles. The van der Waals surface area contributed by atoms with Crippen molar-refractivity contribution >= 4 is 28.2 Å². The average molecular weight is 349 g/mol. The second kappa shape index (κ2) is 6.13. The van der Waals surface area contributed by atoms with E-state index < -0.39 is 0 Å². The Morgan fingerprint density at radius 3 is 2.83 bits per heavy atom. The number of ether oxygens (including phenoxy) is 1. The Morgan fingerprint density at radius 1 is 1.38 bits per heavy atom. The predicted octanol–water partition coefficient (Wildman–Crippen LogP) is 1.69. The summed E-state index contributed by atoms with van der Waals surface area (Å²) in [7, 11) is 1.75. The van der Waals surface area contributed by atoms with Crippen molar-refractivity contribution in [3.8, 4) is 0 Å². The number of anilines is 1. The summed E-state index contributed by atoms with van der Waals surface area (Å²) in [6.07, 6.45) is 4.41. The van der Waals surface area contributed by atoms with E-state index in [9.17, 15) is 9.59 Å². The van der Waals surface area contributed by atoms with E-state index in [-0.39, 0.29) is 17.9 Å². The number of likely N-dealkylation sites (tertiary alicyclic amines) is 1. The molecule has 2 saturated heterocycles. The van der Waals surface area contributed by atoms with E-state index in [1.807, 2.05) is 17.0 Å². The van der Waals surface area contributed by atoms with Gasteiger partial charge in [-0.1, -0.05) is 0 Å². The molecule has 130 valence electrons. The molecule has 1 aromatic rings. The minimum atomic E-state index is -0.103. The lowest BCUT2D eigenvalue weighted by molar-refractivity contribution is -0.126. The predicted molar refractivity (Wildman–Crippen MR) is 92.3 cm³/mol. The van der Waals surface area contributed by atoms with Crippen molar-refractivity contribution in [2.45, 2.75) is 37.8 Å². The van der Waals surface area contributed by atoms with Gasteiger partial charge in [-0.25, -0.2) is 0 Å². The summed E-state index contributed by atoms with van der Waals surface area (Å²) in [5.41, 5.74) is 0.304. The molecule has 1 atom stereocenters. The van der Waals surface area contributed by atoms with E-state index >= 15 is 0 Å². The Morgan fingerprint density at radius 2 is 2.17 bits per heavy atom. The summed E-state index contributed by atoms with van der Waals surface area (Å²) in [4.78, 5) is 27.3. The number of carbonyl (C=O) groups excluding carboxylic acids is 2. The minimum absolute atomic E-state index is 0.00340. The summed E-state index contributed by atoms with van der Waals surface area (Å²) in [6.45, 7) is 2.56. The van der Waals surface area contributed by atoms with Gasteiger partial charge >= 0.3 is 0 Å².